The molecule has 1 rings (SSSR count). The molecule has 0 fully saturated rings. The Kier molecular flexibility index (Phi) is 6.25. The lowest BCUT2D eigenvalue weighted by Crippen LogP contribution is -2.57. The Bertz CT molecular complexity index is 661. The first-order valence-electron chi connectivity index (χ1n) is 6.68. The SMILES string of the molecule is COCC(C)(NC(=O)CN(C)S(=O)(=O)c1ccccc1)C(=O)O. The van der Waals surface area contributed by atoms with Crippen LogP contribution in [0.2, 0.25) is 0 Å². The lowest BCUT2D eigenvalue weighted by atomic mass is 10.0. The van der Waals surface area contributed by atoms with E-state index in [1.54, 1.807) is 18.2 Å². The number of nitrogens with zero attached hydrogens (tertiary/aromatic N) is 1. The molecule has 1 atom stereocenters. The summed E-state index contributed by atoms with van der Waals surface area (Å²) in [5, 5.41) is 11.4. The highest BCUT2D eigenvalue weighted by molar-refractivity contribution is 7.89. The van der Waals surface area contributed by atoms with Gasteiger partial charge in [0.25, 0.3) is 0 Å². The van der Waals surface area contributed by atoms with Gasteiger partial charge in [-0.1, -0.05) is 18.2 Å². The minimum Gasteiger partial charge on any atom is -0.479 e. The Hall–Kier alpha value is -1.97. The third-order valence-corrected chi connectivity index (χ3v) is 4.96. The number of carbonyl (C=O) groups is 2. The van der Waals surface area contributed by atoms with Gasteiger partial charge in [0.05, 0.1) is 18.0 Å². The summed E-state index contributed by atoms with van der Waals surface area (Å²) >= 11 is 0. The number of sulfonamides is 1. The molecule has 0 saturated carbocycles. The van der Waals surface area contributed by atoms with Crippen molar-refractivity contribution >= 4 is 21.9 Å². The zero-order valence-electron chi connectivity index (χ0n) is 13.1. The fourth-order valence-corrected chi connectivity index (χ4v) is 3.00. The first-order chi connectivity index (χ1) is 10.6. The fourth-order valence-electron chi connectivity index (χ4n) is 1.85. The molecule has 8 nitrogen and oxygen atoms in total. The monoisotopic (exact) mass is 344 g/mol. The summed E-state index contributed by atoms with van der Waals surface area (Å²) in [6.45, 7) is 0.523. The lowest BCUT2D eigenvalue weighted by molar-refractivity contribution is -0.149. The first-order valence-corrected chi connectivity index (χ1v) is 8.12. The van der Waals surface area contributed by atoms with E-state index in [1.165, 1.54) is 33.2 Å². The molecule has 2 N–H and O–H groups in total. The molecule has 1 aromatic rings. The van der Waals surface area contributed by atoms with Crippen LogP contribution < -0.4 is 5.32 Å². The van der Waals surface area contributed by atoms with Gasteiger partial charge in [-0.25, -0.2) is 13.2 Å². The van der Waals surface area contributed by atoms with E-state index in [-0.39, 0.29) is 11.5 Å². The van der Waals surface area contributed by atoms with Crippen molar-refractivity contribution in [3.05, 3.63) is 30.3 Å². The van der Waals surface area contributed by atoms with Crippen molar-refractivity contribution in [3.63, 3.8) is 0 Å². The summed E-state index contributed by atoms with van der Waals surface area (Å²) in [4.78, 5) is 23.3. The van der Waals surface area contributed by atoms with Gasteiger partial charge < -0.3 is 15.2 Å². The highest BCUT2D eigenvalue weighted by Gasteiger charge is 2.35. The number of amides is 1. The number of hydrogen-bond donors (Lipinski definition) is 2. The average Bonchev–Trinajstić information content (AvgIpc) is 2.47. The second kappa shape index (κ2) is 7.53. The highest BCUT2D eigenvalue weighted by atomic mass is 32.2. The average molecular weight is 344 g/mol. The van der Waals surface area contributed by atoms with Crippen molar-refractivity contribution < 1.29 is 27.9 Å². The summed E-state index contributed by atoms with van der Waals surface area (Å²) in [6, 6.07) is 7.64. The predicted octanol–water partition coefficient (Wildman–Crippen LogP) is -0.0870. The number of aliphatic carboxylic acids is 1. The second-order valence-electron chi connectivity index (χ2n) is 5.19. The van der Waals surface area contributed by atoms with Crippen molar-refractivity contribution in [3.8, 4) is 0 Å². The Morgan fingerprint density at radius 3 is 2.35 bits per heavy atom. The molecule has 0 radical (unpaired) electrons. The maximum atomic E-state index is 12.3. The van der Waals surface area contributed by atoms with Crippen LogP contribution in [0.1, 0.15) is 6.92 Å². The van der Waals surface area contributed by atoms with Crippen LogP contribution in [0.5, 0.6) is 0 Å². The minimum atomic E-state index is -3.83. The molecule has 0 aliphatic rings. The van der Waals surface area contributed by atoms with Crippen LogP contribution in [-0.2, 0) is 24.3 Å². The van der Waals surface area contributed by atoms with Crippen LogP contribution in [0.4, 0.5) is 0 Å². The molecule has 0 heterocycles. The van der Waals surface area contributed by atoms with E-state index in [2.05, 4.69) is 5.32 Å². The number of likely N-dealkylation sites (N-methyl/N-ethyl adjacent to an activating group) is 1. The Morgan fingerprint density at radius 2 is 1.87 bits per heavy atom. The van der Waals surface area contributed by atoms with Crippen LogP contribution in [-0.4, -0.2) is 62.6 Å². The number of benzene rings is 1. The van der Waals surface area contributed by atoms with Crippen molar-refractivity contribution in [2.75, 3.05) is 27.3 Å². The number of ether oxygens (including phenoxy) is 1. The number of methoxy groups -OCH3 is 1. The van der Waals surface area contributed by atoms with E-state index in [1.807, 2.05) is 0 Å². The number of carboxylic acid groups (broad SMARTS) is 1. The van der Waals surface area contributed by atoms with Gasteiger partial charge in [-0.05, 0) is 19.1 Å². The summed E-state index contributed by atoms with van der Waals surface area (Å²) < 4.78 is 30.2. The molecule has 9 heteroatoms. The van der Waals surface area contributed by atoms with Crippen molar-refractivity contribution in [2.24, 2.45) is 0 Å². The number of rotatable bonds is 8. The van der Waals surface area contributed by atoms with E-state index in [0.29, 0.717) is 0 Å². The predicted molar refractivity (Wildman–Crippen MR) is 82.3 cm³/mol. The van der Waals surface area contributed by atoms with Crippen molar-refractivity contribution in [1.29, 1.82) is 0 Å². The summed E-state index contributed by atoms with van der Waals surface area (Å²) in [5.41, 5.74) is -1.64. The maximum absolute atomic E-state index is 12.3. The molecule has 128 valence electrons. The molecule has 0 saturated heterocycles. The van der Waals surface area contributed by atoms with Gasteiger partial charge in [-0.3, -0.25) is 4.79 Å². The Labute approximate surface area is 135 Å². The molecule has 1 unspecified atom stereocenters. The molecular formula is C14H20N2O6S. The first kappa shape index (κ1) is 19.1. The van der Waals surface area contributed by atoms with Crippen LogP contribution in [0.25, 0.3) is 0 Å². The topological polar surface area (TPSA) is 113 Å². The van der Waals surface area contributed by atoms with Crippen molar-refractivity contribution in [2.45, 2.75) is 17.4 Å². The second-order valence-corrected chi connectivity index (χ2v) is 7.24. The van der Waals surface area contributed by atoms with E-state index < -0.39 is 34.0 Å². The van der Waals surface area contributed by atoms with Crippen LogP contribution >= 0.6 is 0 Å². The van der Waals surface area contributed by atoms with Gasteiger partial charge in [0.15, 0.2) is 5.54 Å². The molecule has 1 aromatic carbocycles. The third kappa shape index (κ3) is 4.75. The summed E-state index contributed by atoms with van der Waals surface area (Å²) in [7, 11) is -1.28. The van der Waals surface area contributed by atoms with E-state index in [4.69, 9.17) is 9.84 Å². The van der Waals surface area contributed by atoms with Crippen LogP contribution in [0, 0.1) is 0 Å². The smallest absolute Gasteiger partial charge is 0.331 e. The minimum absolute atomic E-state index is 0.0492. The molecule has 0 aromatic heterocycles. The van der Waals surface area contributed by atoms with Gasteiger partial charge >= 0.3 is 5.97 Å². The number of nitrogens with one attached hydrogen (secondary N) is 1. The molecule has 1 amide bonds. The van der Waals surface area contributed by atoms with Gasteiger partial charge in [-0.2, -0.15) is 4.31 Å². The number of carboxylic acids is 1. The van der Waals surface area contributed by atoms with Gasteiger partial charge in [0.1, 0.15) is 0 Å². The fraction of sp³-hybridized carbons (Fsp3) is 0.429. The summed E-state index contributed by atoms with van der Waals surface area (Å²) in [6.07, 6.45) is 0. The molecule has 0 bridgehead atoms. The molecular weight excluding hydrogens is 324 g/mol. The largest absolute Gasteiger partial charge is 0.479 e. The highest BCUT2D eigenvalue weighted by Crippen LogP contribution is 2.13. The zero-order valence-corrected chi connectivity index (χ0v) is 14.0. The number of carbonyl (C=O) groups excluding carboxylic acids is 1. The van der Waals surface area contributed by atoms with Crippen molar-refractivity contribution in [1.82, 2.24) is 9.62 Å². The zero-order chi connectivity index (χ0) is 17.7. The van der Waals surface area contributed by atoms with Gasteiger partial charge in [-0.15, -0.1) is 0 Å². The van der Waals surface area contributed by atoms with Crippen LogP contribution in [0.3, 0.4) is 0 Å². The quantitative estimate of drug-likeness (QED) is 0.682. The standard InChI is InChI=1S/C14H20N2O6S/c1-14(10-22-3,13(18)19)15-12(17)9-16(2)23(20,21)11-7-5-4-6-8-11/h4-8H,9-10H2,1-3H3,(H,15,17)(H,18,19). The molecule has 0 aliphatic heterocycles. The molecule has 0 aliphatic carbocycles. The van der Waals surface area contributed by atoms with E-state index in [9.17, 15) is 18.0 Å². The van der Waals surface area contributed by atoms with Gasteiger partial charge in [0.2, 0.25) is 15.9 Å². The normalized spacial score (nSPS) is 14.3. The molecule has 23 heavy (non-hydrogen) atoms. The van der Waals surface area contributed by atoms with Gasteiger partial charge in [0, 0.05) is 14.2 Å². The lowest BCUT2D eigenvalue weighted by Gasteiger charge is -2.26. The van der Waals surface area contributed by atoms with Crippen LogP contribution in [0.15, 0.2) is 35.2 Å². The maximum Gasteiger partial charge on any atom is 0.331 e. The van der Waals surface area contributed by atoms with E-state index >= 15 is 0 Å². The summed E-state index contributed by atoms with van der Waals surface area (Å²) in [5.74, 6) is -2.02. The number of hydrogen-bond acceptors (Lipinski definition) is 5. The third-order valence-electron chi connectivity index (χ3n) is 3.14. The molecule has 0 spiro atoms. The Morgan fingerprint density at radius 1 is 1.30 bits per heavy atom. The van der Waals surface area contributed by atoms with E-state index in [0.717, 1.165) is 4.31 Å². The Balaban J connectivity index is 2.83.